The maximum Gasteiger partial charge on any atom is 0.192 e. The van der Waals surface area contributed by atoms with Crippen LogP contribution in [0.1, 0.15) is 13.8 Å². The maximum absolute atomic E-state index is 5.03. The van der Waals surface area contributed by atoms with Gasteiger partial charge in [-0.15, -0.1) is 0 Å². The molecule has 1 fully saturated rings. The van der Waals surface area contributed by atoms with E-state index >= 15 is 0 Å². The molecule has 0 N–H and O–H groups in total. The Bertz CT molecular complexity index is 44.9. The Balaban J connectivity index is 2.38. The first-order chi connectivity index (χ1) is 2.21. The molecule has 1 aliphatic heterocycles. The largest absolute Gasteiger partial charge is 0.417 e. The van der Waals surface area contributed by atoms with E-state index < -0.39 is 0 Å². The molecule has 0 atom stereocenters. The predicted octanol–water partition coefficient (Wildman–Crippen LogP) is -0.164. The van der Waals surface area contributed by atoms with E-state index in [0.717, 1.165) is 0 Å². The molecule has 1 nitrogen and oxygen atoms in total. The summed E-state index contributed by atoms with van der Waals surface area (Å²) in [4.78, 5) is 0. The molecule has 0 bridgehead atoms. The number of hydrogen-bond donors (Lipinski definition) is 0. The highest BCUT2D eigenvalue weighted by atomic mass is 28.2. The average Bonchev–Trinajstić information content (AvgIpc) is 1.76. The van der Waals surface area contributed by atoms with Crippen LogP contribution in [0.15, 0.2) is 0 Å². The van der Waals surface area contributed by atoms with Crippen LogP contribution in [0, 0.1) is 0 Å². The monoisotopic (exact) mass is 88.0 g/mol. The van der Waals surface area contributed by atoms with Gasteiger partial charge >= 0.3 is 0 Å². The fourth-order valence-electron chi connectivity index (χ4n) is 0.144. The molecule has 1 saturated heterocycles. The van der Waals surface area contributed by atoms with Crippen LogP contribution in [-0.4, -0.2) is 15.0 Å². The van der Waals surface area contributed by atoms with Crippen LogP contribution in [0.25, 0.3) is 0 Å². The SMILES string of the molecule is CC1(C)O[SiH2]1. The van der Waals surface area contributed by atoms with E-state index in [1.54, 1.807) is 0 Å². The number of rotatable bonds is 0. The fourth-order valence-corrected chi connectivity index (χ4v) is 0.433. The smallest absolute Gasteiger partial charge is 0.192 e. The molecule has 0 unspecified atom stereocenters. The summed E-state index contributed by atoms with van der Waals surface area (Å²) >= 11 is 0. The van der Waals surface area contributed by atoms with Crippen molar-refractivity contribution in [1.82, 2.24) is 0 Å². The Morgan fingerprint density at radius 3 is 1.80 bits per heavy atom. The van der Waals surface area contributed by atoms with Gasteiger partial charge in [0.25, 0.3) is 0 Å². The normalized spacial score (nSPS) is 34.8. The van der Waals surface area contributed by atoms with Gasteiger partial charge in [0.05, 0.1) is 5.22 Å². The van der Waals surface area contributed by atoms with Crippen LogP contribution in [0.3, 0.4) is 0 Å². The molecule has 0 aromatic heterocycles. The van der Waals surface area contributed by atoms with Gasteiger partial charge < -0.3 is 4.43 Å². The molecule has 0 radical (unpaired) electrons. The van der Waals surface area contributed by atoms with Crippen molar-refractivity contribution >= 4 is 9.76 Å². The minimum Gasteiger partial charge on any atom is -0.417 e. The number of hydrogen-bond acceptors (Lipinski definition) is 1. The molecule has 0 amide bonds. The van der Waals surface area contributed by atoms with Crippen LogP contribution in [0.4, 0.5) is 0 Å². The predicted molar refractivity (Wildman–Crippen MR) is 23.7 cm³/mol. The minimum absolute atomic E-state index is 0.00540. The van der Waals surface area contributed by atoms with Crippen molar-refractivity contribution in [2.45, 2.75) is 19.1 Å². The van der Waals surface area contributed by atoms with E-state index in [9.17, 15) is 0 Å². The Kier molecular flexibility index (Phi) is 0.425. The lowest BCUT2D eigenvalue weighted by atomic mass is 10.5. The molecule has 1 aliphatic rings. The van der Waals surface area contributed by atoms with Crippen LogP contribution in [0.2, 0.25) is 0 Å². The van der Waals surface area contributed by atoms with Crippen LogP contribution >= 0.6 is 0 Å². The zero-order valence-electron chi connectivity index (χ0n) is 3.62. The second-order valence-electron chi connectivity index (χ2n) is 2.05. The Morgan fingerprint density at radius 1 is 1.60 bits per heavy atom. The minimum atomic E-state index is -0.00540. The van der Waals surface area contributed by atoms with E-state index in [1.807, 2.05) is 0 Å². The van der Waals surface area contributed by atoms with Gasteiger partial charge in [-0.05, 0) is 13.8 Å². The summed E-state index contributed by atoms with van der Waals surface area (Å²) in [6.07, 6.45) is 0. The van der Waals surface area contributed by atoms with Gasteiger partial charge in [-0.25, -0.2) is 0 Å². The standard InChI is InChI=1S/C3H8OSi/c1-3(2)4-5-3/h5H2,1-2H3. The third kappa shape index (κ3) is 0.739. The zero-order valence-corrected chi connectivity index (χ0v) is 5.03. The van der Waals surface area contributed by atoms with Crippen molar-refractivity contribution in [3.63, 3.8) is 0 Å². The molecule has 1 heterocycles. The van der Waals surface area contributed by atoms with E-state index in [-0.39, 0.29) is 9.76 Å². The summed E-state index contributed by atoms with van der Waals surface area (Å²) < 4.78 is 5.03. The lowest BCUT2D eigenvalue weighted by Gasteiger charge is -1.83. The second kappa shape index (κ2) is 0.630. The quantitative estimate of drug-likeness (QED) is 0.296. The van der Waals surface area contributed by atoms with Gasteiger partial charge in [0.15, 0.2) is 9.76 Å². The van der Waals surface area contributed by atoms with Gasteiger partial charge in [-0.2, -0.15) is 0 Å². The molecular weight excluding hydrogens is 80.1 g/mol. The van der Waals surface area contributed by atoms with Crippen molar-refractivity contribution in [3.05, 3.63) is 0 Å². The molecular formula is C3H8OSi. The van der Waals surface area contributed by atoms with Crippen LogP contribution in [0.5, 0.6) is 0 Å². The van der Waals surface area contributed by atoms with Crippen molar-refractivity contribution in [2.75, 3.05) is 0 Å². The third-order valence-corrected chi connectivity index (χ3v) is 2.17. The summed E-state index contributed by atoms with van der Waals surface area (Å²) in [5, 5.41) is 0.389. The average molecular weight is 88.2 g/mol. The first-order valence-corrected chi connectivity index (χ1v) is 3.13. The zero-order chi connectivity index (χ0) is 3.91. The highest BCUT2D eigenvalue weighted by Crippen LogP contribution is 2.19. The van der Waals surface area contributed by atoms with Gasteiger partial charge in [0, 0.05) is 0 Å². The first-order valence-electron chi connectivity index (χ1n) is 1.85. The molecule has 1 rings (SSSR count). The molecule has 30 valence electrons. The molecule has 0 aromatic carbocycles. The Morgan fingerprint density at radius 2 is 1.80 bits per heavy atom. The highest BCUT2D eigenvalue weighted by Gasteiger charge is 2.33. The van der Waals surface area contributed by atoms with E-state index in [4.69, 9.17) is 4.43 Å². The van der Waals surface area contributed by atoms with Crippen molar-refractivity contribution in [3.8, 4) is 0 Å². The van der Waals surface area contributed by atoms with Crippen molar-refractivity contribution < 1.29 is 4.43 Å². The molecule has 2 heteroatoms. The van der Waals surface area contributed by atoms with Gasteiger partial charge in [0.1, 0.15) is 0 Å². The molecule has 5 heavy (non-hydrogen) atoms. The van der Waals surface area contributed by atoms with Gasteiger partial charge in [0.2, 0.25) is 0 Å². The summed E-state index contributed by atoms with van der Waals surface area (Å²) in [5.41, 5.74) is 0. The summed E-state index contributed by atoms with van der Waals surface area (Å²) in [6, 6.07) is 0. The van der Waals surface area contributed by atoms with E-state index in [1.165, 1.54) is 0 Å². The molecule has 0 aliphatic carbocycles. The lowest BCUT2D eigenvalue weighted by molar-refractivity contribution is 0.367. The van der Waals surface area contributed by atoms with Crippen molar-refractivity contribution in [1.29, 1.82) is 0 Å². The maximum atomic E-state index is 5.03. The van der Waals surface area contributed by atoms with Crippen LogP contribution in [-0.2, 0) is 4.43 Å². The Labute approximate surface area is 34.3 Å². The third-order valence-electron chi connectivity index (χ3n) is 0.722. The molecule has 0 aromatic rings. The van der Waals surface area contributed by atoms with Crippen molar-refractivity contribution in [2.24, 2.45) is 0 Å². The molecule has 0 spiro atoms. The summed E-state index contributed by atoms with van der Waals surface area (Å²) in [6.45, 7) is 4.28. The van der Waals surface area contributed by atoms with E-state index in [0.29, 0.717) is 5.22 Å². The first kappa shape index (κ1) is 3.37. The van der Waals surface area contributed by atoms with E-state index in [2.05, 4.69) is 13.8 Å². The molecule has 0 saturated carbocycles. The highest BCUT2D eigenvalue weighted by molar-refractivity contribution is 6.41. The lowest BCUT2D eigenvalue weighted by Crippen LogP contribution is -1.92. The summed E-state index contributed by atoms with van der Waals surface area (Å²) in [5.74, 6) is 0. The van der Waals surface area contributed by atoms with Crippen LogP contribution < -0.4 is 0 Å². The second-order valence-corrected chi connectivity index (χ2v) is 4.33. The summed E-state index contributed by atoms with van der Waals surface area (Å²) in [7, 11) is -0.00540. The fraction of sp³-hybridized carbons (Fsp3) is 1.00. The van der Waals surface area contributed by atoms with Gasteiger partial charge in [-0.1, -0.05) is 0 Å². The Hall–Kier alpha value is 0.177. The topological polar surface area (TPSA) is 12.5 Å². The van der Waals surface area contributed by atoms with Gasteiger partial charge in [-0.3, -0.25) is 0 Å².